The van der Waals surface area contributed by atoms with Crippen LogP contribution in [0.4, 0.5) is 0 Å². The lowest BCUT2D eigenvalue weighted by Crippen LogP contribution is -1.91. The van der Waals surface area contributed by atoms with E-state index in [1.54, 1.807) is 19.1 Å². The normalized spacial score (nSPS) is 10.5. The molecule has 88 valence electrons. The third kappa shape index (κ3) is 2.03. The summed E-state index contributed by atoms with van der Waals surface area (Å²) in [6.07, 6.45) is 0. The van der Waals surface area contributed by atoms with Crippen molar-refractivity contribution in [1.29, 1.82) is 0 Å². The lowest BCUT2D eigenvalue weighted by Gasteiger charge is -2.06. The van der Waals surface area contributed by atoms with Crippen LogP contribution in [0.5, 0.6) is 5.75 Å². The summed E-state index contributed by atoms with van der Waals surface area (Å²) in [4.78, 5) is 10.7. The first kappa shape index (κ1) is 11.7. The highest BCUT2D eigenvalue weighted by Crippen LogP contribution is 2.37. The number of carboxylic acid groups (broad SMARTS) is 1. The smallest absolute Gasteiger partial charge is 0.374 e. The van der Waals surface area contributed by atoms with Crippen LogP contribution < -0.4 is 0 Å². The molecule has 0 fully saturated rings. The molecule has 0 aliphatic heterocycles. The summed E-state index contributed by atoms with van der Waals surface area (Å²) in [5, 5.41) is 22.3. The first-order valence-corrected chi connectivity index (χ1v) is 5.48. The third-order valence-corrected chi connectivity index (χ3v) is 2.97. The topological polar surface area (TPSA) is 83.6 Å². The number of phenolic OH excluding ortho intramolecular Hbond substituents is 1. The second-order valence-corrected chi connectivity index (χ2v) is 4.32. The van der Waals surface area contributed by atoms with E-state index in [0.717, 1.165) is 0 Å². The van der Waals surface area contributed by atoms with Gasteiger partial charge in [0.15, 0.2) is 0 Å². The van der Waals surface area contributed by atoms with Gasteiger partial charge in [0.05, 0.1) is 5.56 Å². The highest BCUT2D eigenvalue weighted by molar-refractivity contribution is 9.10. The molecule has 17 heavy (non-hydrogen) atoms. The fraction of sp³-hybridized carbons (Fsp3) is 0.0909. The minimum atomic E-state index is -1.20. The first-order valence-electron chi connectivity index (χ1n) is 4.69. The van der Waals surface area contributed by atoms with E-state index in [-0.39, 0.29) is 17.2 Å². The zero-order valence-corrected chi connectivity index (χ0v) is 10.4. The molecule has 0 aliphatic carbocycles. The van der Waals surface area contributed by atoms with Crippen LogP contribution in [0.2, 0.25) is 0 Å². The standard InChI is InChI=1S/C11H8BrNO4/c1-5-2-3-6(12)9(10(5)14)7-4-8(11(15)16)17-13-7/h2-4,14H,1H3,(H,15,16). The van der Waals surface area contributed by atoms with Crippen molar-refractivity contribution in [2.45, 2.75) is 6.92 Å². The second kappa shape index (κ2) is 4.21. The molecule has 1 aromatic carbocycles. The van der Waals surface area contributed by atoms with E-state index in [0.29, 0.717) is 15.6 Å². The van der Waals surface area contributed by atoms with Crippen LogP contribution in [0.25, 0.3) is 11.3 Å². The molecule has 0 amide bonds. The van der Waals surface area contributed by atoms with E-state index >= 15 is 0 Å². The van der Waals surface area contributed by atoms with Gasteiger partial charge in [-0.05, 0) is 34.5 Å². The first-order chi connectivity index (χ1) is 8.00. The molecule has 0 saturated carbocycles. The van der Waals surface area contributed by atoms with Gasteiger partial charge in [-0.3, -0.25) is 0 Å². The van der Waals surface area contributed by atoms with Gasteiger partial charge in [-0.2, -0.15) is 0 Å². The number of hydrogen-bond acceptors (Lipinski definition) is 4. The number of hydrogen-bond donors (Lipinski definition) is 2. The molecular weight excluding hydrogens is 290 g/mol. The minimum absolute atomic E-state index is 0.0459. The number of carboxylic acids is 1. The van der Waals surface area contributed by atoms with Crippen LogP contribution in [0, 0.1) is 6.92 Å². The maximum atomic E-state index is 10.7. The zero-order valence-electron chi connectivity index (χ0n) is 8.77. The van der Waals surface area contributed by atoms with Gasteiger partial charge in [-0.1, -0.05) is 11.2 Å². The van der Waals surface area contributed by atoms with Crippen LogP contribution in [0.1, 0.15) is 16.1 Å². The number of phenols is 1. The van der Waals surface area contributed by atoms with Crippen LogP contribution in [-0.4, -0.2) is 21.3 Å². The molecular formula is C11H8BrNO4. The predicted molar refractivity (Wildman–Crippen MR) is 63.0 cm³/mol. The van der Waals surface area contributed by atoms with Crippen molar-refractivity contribution in [1.82, 2.24) is 5.16 Å². The van der Waals surface area contributed by atoms with Gasteiger partial charge in [0.25, 0.3) is 0 Å². The Morgan fingerprint density at radius 1 is 1.47 bits per heavy atom. The molecule has 0 radical (unpaired) electrons. The van der Waals surface area contributed by atoms with E-state index in [1.807, 2.05) is 0 Å². The van der Waals surface area contributed by atoms with Crippen molar-refractivity contribution >= 4 is 21.9 Å². The summed E-state index contributed by atoms with van der Waals surface area (Å²) in [5.41, 5.74) is 1.36. The summed E-state index contributed by atoms with van der Waals surface area (Å²) >= 11 is 3.28. The molecule has 2 aromatic rings. The Labute approximate surface area is 105 Å². The molecule has 6 heteroatoms. The molecule has 5 nitrogen and oxygen atoms in total. The molecule has 2 N–H and O–H groups in total. The van der Waals surface area contributed by atoms with Gasteiger partial charge in [0.2, 0.25) is 5.76 Å². The molecule has 0 unspecified atom stereocenters. The Morgan fingerprint density at radius 3 is 2.76 bits per heavy atom. The monoisotopic (exact) mass is 297 g/mol. The molecule has 0 saturated heterocycles. The number of nitrogens with zero attached hydrogens (tertiary/aromatic N) is 1. The molecule has 0 spiro atoms. The maximum Gasteiger partial charge on any atom is 0.374 e. The second-order valence-electron chi connectivity index (χ2n) is 3.47. The van der Waals surface area contributed by atoms with Crippen LogP contribution in [0.3, 0.4) is 0 Å². The molecule has 0 aliphatic rings. The van der Waals surface area contributed by atoms with Crippen molar-refractivity contribution < 1.29 is 19.5 Å². The number of aromatic carboxylic acids is 1. The lowest BCUT2D eigenvalue weighted by atomic mass is 10.1. The quantitative estimate of drug-likeness (QED) is 0.890. The number of rotatable bonds is 2. The Morgan fingerprint density at radius 2 is 2.18 bits per heavy atom. The van der Waals surface area contributed by atoms with E-state index in [4.69, 9.17) is 5.11 Å². The number of benzene rings is 1. The van der Waals surface area contributed by atoms with Crippen LogP contribution >= 0.6 is 15.9 Å². The van der Waals surface area contributed by atoms with Gasteiger partial charge >= 0.3 is 5.97 Å². The van der Waals surface area contributed by atoms with Crippen LogP contribution in [0.15, 0.2) is 27.2 Å². The van der Waals surface area contributed by atoms with Crippen molar-refractivity contribution in [3.8, 4) is 17.0 Å². The van der Waals surface area contributed by atoms with E-state index in [9.17, 15) is 9.90 Å². The minimum Gasteiger partial charge on any atom is -0.507 e. The Balaban J connectivity index is 2.60. The SMILES string of the molecule is Cc1ccc(Br)c(-c2cc(C(=O)O)on2)c1O. The summed E-state index contributed by atoms with van der Waals surface area (Å²) in [7, 11) is 0. The molecule has 1 aromatic heterocycles. The fourth-order valence-corrected chi connectivity index (χ4v) is 1.93. The number of halogens is 1. The van der Waals surface area contributed by atoms with Gasteiger partial charge in [-0.15, -0.1) is 0 Å². The Kier molecular flexibility index (Phi) is 2.89. The maximum absolute atomic E-state index is 10.7. The third-order valence-electron chi connectivity index (χ3n) is 2.31. The summed E-state index contributed by atoms with van der Waals surface area (Å²) in [6.45, 7) is 1.74. The zero-order chi connectivity index (χ0) is 12.6. The summed E-state index contributed by atoms with van der Waals surface area (Å²) < 4.78 is 5.27. The number of aromatic nitrogens is 1. The lowest BCUT2D eigenvalue weighted by molar-refractivity contribution is 0.0652. The number of carbonyl (C=O) groups is 1. The fourth-order valence-electron chi connectivity index (χ4n) is 1.41. The van der Waals surface area contributed by atoms with Crippen molar-refractivity contribution in [2.24, 2.45) is 0 Å². The van der Waals surface area contributed by atoms with Gasteiger partial charge in [0, 0.05) is 10.5 Å². The van der Waals surface area contributed by atoms with E-state index in [1.165, 1.54) is 6.07 Å². The average Bonchev–Trinajstić information content (AvgIpc) is 2.73. The molecule has 0 atom stereocenters. The molecule has 0 bridgehead atoms. The molecule has 2 rings (SSSR count). The van der Waals surface area contributed by atoms with Crippen molar-refractivity contribution in [3.63, 3.8) is 0 Å². The van der Waals surface area contributed by atoms with Gasteiger partial charge < -0.3 is 14.7 Å². The Hall–Kier alpha value is -1.82. The number of aryl methyl sites for hydroxylation is 1. The number of aromatic hydroxyl groups is 1. The van der Waals surface area contributed by atoms with Crippen molar-refractivity contribution in [2.75, 3.05) is 0 Å². The highest BCUT2D eigenvalue weighted by atomic mass is 79.9. The van der Waals surface area contributed by atoms with Crippen LogP contribution in [-0.2, 0) is 0 Å². The van der Waals surface area contributed by atoms with Crippen molar-refractivity contribution in [3.05, 3.63) is 34.0 Å². The van der Waals surface area contributed by atoms with E-state index in [2.05, 4.69) is 25.6 Å². The van der Waals surface area contributed by atoms with E-state index < -0.39 is 5.97 Å². The van der Waals surface area contributed by atoms with Gasteiger partial charge in [-0.25, -0.2) is 4.79 Å². The van der Waals surface area contributed by atoms with Gasteiger partial charge in [0.1, 0.15) is 11.4 Å². The largest absolute Gasteiger partial charge is 0.507 e. The average molecular weight is 298 g/mol. The summed E-state index contributed by atoms with van der Waals surface area (Å²) in [6, 6.07) is 4.75. The Bertz CT molecular complexity index is 591. The predicted octanol–water partition coefficient (Wildman–Crippen LogP) is 2.82. The summed E-state index contributed by atoms with van der Waals surface area (Å²) in [5.74, 6) is -1.43. The molecule has 1 heterocycles. The highest BCUT2D eigenvalue weighted by Gasteiger charge is 2.18.